The number of aliphatic hydroxyl groups is 2. The van der Waals surface area contributed by atoms with Crippen LogP contribution in [0.3, 0.4) is 0 Å². The van der Waals surface area contributed by atoms with Crippen LogP contribution in [0, 0.1) is 23.1 Å². The molecule has 3 rings (SSSR count). The molecule has 30 heavy (non-hydrogen) atoms. The van der Waals surface area contributed by atoms with Crippen LogP contribution in [0.2, 0.25) is 0 Å². The number of hydrogen-bond acceptors (Lipinski definition) is 8. The van der Waals surface area contributed by atoms with E-state index < -0.39 is 12.2 Å². The van der Waals surface area contributed by atoms with E-state index in [2.05, 4.69) is 26.3 Å². The van der Waals surface area contributed by atoms with Crippen molar-refractivity contribution in [2.24, 2.45) is 5.92 Å². The summed E-state index contributed by atoms with van der Waals surface area (Å²) in [6, 6.07) is 6.53. The minimum Gasteiger partial charge on any atom is -0.384 e. The third kappa shape index (κ3) is 6.56. The number of halogens is 1. The lowest BCUT2D eigenvalue weighted by Crippen LogP contribution is -2.37. The number of rotatable bonds is 6. The van der Waals surface area contributed by atoms with Crippen LogP contribution in [0.15, 0.2) is 36.8 Å². The van der Waals surface area contributed by atoms with Crippen molar-refractivity contribution < 1.29 is 19.4 Å². The van der Waals surface area contributed by atoms with Gasteiger partial charge in [0.2, 0.25) is 0 Å². The number of aromatic nitrogens is 2. The number of benzene rings is 1. The number of nitrogens with zero attached hydrogens (tertiary/aromatic N) is 4. The van der Waals surface area contributed by atoms with E-state index in [0.29, 0.717) is 11.5 Å². The molecule has 2 heterocycles. The van der Waals surface area contributed by atoms with Crippen LogP contribution in [-0.2, 0) is 4.79 Å². The Hall–Kier alpha value is -2.93. The lowest BCUT2D eigenvalue weighted by molar-refractivity contribution is -0.120. The zero-order valence-corrected chi connectivity index (χ0v) is 16.8. The van der Waals surface area contributed by atoms with Gasteiger partial charge in [0.1, 0.15) is 24.1 Å². The van der Waals surface area contributed by atoms with E-state index in [4.69, 9.17) is 10.4 Å². The molecule has 1 fully saturated rings. The maximum Gasteiger partial charge on any atom is 0.151 e. The standard InChI is InChI=1S/C14H18FN3.C7H8N2O3/c1-17-10-11-4-6-18(7-5-11)14-3-2-13(15)8-12(14)9-16;10-4-6(11)7(12)5-3-8-1-2-9-5/h2-3,8,11,17H,4-7,10H2,1H3;1-4,6-7,11-12H/t;6-,7?/m.0/s1. The molecule has 0 spiro atoms. The zero-order chi connectivity index (χ0) is 21.9. The average Bonchev–Trinajstić information content (AvgIpc) is 2.79. The minimum absolute atomic E-state index is 0.178. The van der Waals surface area contributed by atoms with Crippen molar-refractivity contribution in [2.75, 3.05) is 31.6 Å². The van der Waals surface area contributed by atoms with Crippen molar-refractivity contribution in [3.8, 4) is 6.07 Å². The molecule has 1 aliphatic rings. The second-order valence-corrected chi connectivity index (χ2v) is 6.96. The Balaban J connectivity index is 0.000000232. The summed E-state index contributed by atoms with van der Waals surface area (Å²) in [5.74, 6) is 0.359. The van der Waals surface area contributed by atoms with Crippen LogP contribution in [0.4, 0.5) is 10.1 Å². The molecule has 1 unspecified atom stereocenters. The van der Waals surface area contributed by atoms with E-state index in [9.17, 15) is 14.3 Å². The van der Waals surface area contributed by atoms with Crippen molar-refractivity contribution in [3.05, 3.63) is 53.9 Å². The number of hydrogen-bond donors (Lipinski definition) is 3. The highest BCUT2D eigenvalue weighted by Gasteiger charge is 2.21. The summed E-state index contributed by atoms with van der Waals surface area (Å²) >= 11 is 0. The predicted octanol–water partition coefficient (Wildman–Crippen LogP) is 1.20. The van der Waals surface area contributed by atoms with Gasteiger partial charge in [-0.1, -0.05) is 0 Å². The lowest BCUT2D eigenvalue weighted by Gasteiger charge is -2.34. The van der Waals surface area contributed by atoms with E-state index in [1.807, 2.05) is 7.05 Å². The van der Waals surface area contributed by atoms with Gasteiger partial charge in [-0.25, -0.2) is 4.39 Å². The van der Waals surface area contributed by atoms with Gasteiger partial charge in [0, 0.05) is 25.5 Å². The van der Waals surface area contributed by atoms with Gasteiger partial charge in [-0.2, -0.15) is 5.26 Å². The third-order valence-corrected chi connectivity index (χ3v) is 4.88. The van der Waals surface area contributed by atoms with Crippen molar-refractivity contribution in [2.45, 2.75) is 25.0 Å². The Bertz CT molecular complexity index is 838. The summed E-state index contributed by atoms with van der Waals surface area (Å²) in [5.41, 5.74) is 1.47. The maximum absolute atomic E-state index is 13.1. The molecule has 9 heteroatoms. The SMILES string of the molecule is CNCC1CCN(c2ccc(F)cc2C#N)CC1.O=C[C@H](O)C(O)c1cnccn1. The number of anilines is 1. The Kier molecular flexibility index (Phi) is 9.28. The Morgan fingerprint density at radius 1 is 1.37 bits per heavy atom. The molecule has 0 amide bonds. The molecule has 1 aliphatic heterocycles. The molecule has 160 valence electrons. The minimum atomic E-state index is -1.44. The van der Waals surface area contributed by atoms with Gasteiger partial charge in [-0.15, -0.1) is 0 Å². The lowest BCUT2D eigenvalue weighted by atomic mass is 9.96. The van der Waals surface area contributed by atoms with E-state index in [1.165, 1.54) is 30.7 Å². The second-order valence-electron chi connectivity index (χ2n) is 6.96. The summed E-state index contributed by atoms with van der Waals surface area (Å²) < 4.78 is 13.1. The van der Waals surface area contributed by atoms with Crippen LogP contribution in [0.25, 0.3) is 0 Å². The van der Waals surface area contributed by atoms with Crippen LogP contribution in [0.1, 0.15) is 30.2 Å². The highest BCUT2D eigenvalue weighted by Crippen LogP contribution is 2.26. The predicted molar refractivity (Wildman–Crippen MR) is 109 cm³/mol. The smallest absolute Gasteiger partial charge is 0.151 e. The second kappa shape index (κ2) is 11.9. The van der Waals surface area contributed by atoms with Crippen molar-refractivity contribution >= 4 is 12.0 Å². The van der Waals surface area contributed by atoms with Gasteiger partial charge >= 0.3 is 0 Å². The first-order chi connectivity index (χ1) is 14.5. The highest BCUT2D eigenvalue weighted by molar-refractivity contribution is 5.59. The normalized spacial score (nSPS) is 16.0. The third-order valence-electron chi connectivity index (χ3n) is 4.88. The molecule has 0 bridgehead atoms. The van der Waals surface area contributed by atoms with Crippen molar-refractivity contribution in [1.82, 2.24) is 15.3 Å². The number of carbonyl (C=O) groups excluding carboxylic acids is 1. The number of nitrogens with one attached hydrogen (secondary N) is 1. The first-order valence-electron chi connectivity index (χ1n) is 9.66. The summed E-state index contributed by atoms with van der Waals surface area (Å²) in [6.07, 6.45) is 3.83. The summed E-state index contributed by atoms with van der Waals surface area (Å²) in [7, 11) is 1.97. The van der Waals surface area contributed by atoms with Crippen LogP contribution < -0.4 is 10.2 Å². The molecule has 2 atom stereocenters. The molecule has 0 aliphatic carbocycles. The van der Waals surface area contributed by atoms with Gasteiger partial charge in [0.15, 0.2) is 6.29 Å². The van der Waals surface area contributed by atoms with Crippen molar-refractivity contribution in [3.63, 3.8) is 0 Å². The quantitative estimate of drug-likeness (QED) is 0.602. The first kappa shape index (κ1) is 23.3. The Morgan fingerprint density at radius 2 is 2.10 bits per heavy atom. The molecule has 1 aromatic carbocycles. The molecular weight excluding hydrogens is 389 g/mol. The molecule has 1 aromatic heterocycles. The average molecular weight is 415 g/mol. The molecule has 0 saturated carbocycles. The van der Waals surface area contributed by atoms with Gasteiger partial charge in [0.05, 0.1) is 23.1 Å². The topological polar surface area (TPSA) is 122 Å². The van der Waals surface area contributed by atoms with Gasteiger partial charge < -0.3 is 25.2 Å². The summed E-state index contributed by atoms with van der Waals surface area (Å²) in [5, 5.41) is 30.4. The fourth-order valence-electron chi connectivity index (χ4n) is 3.25. The zero-order valence-electron chi connectivity index (χ0n) is 16.8. The van der Waals surface area contributed by atoms with Gasteiger partial charge in [-0.3, -0.25) is 9.97 Å². The number of nitriles is 1. The first-order valence-corrected chi connectivity index (χ1v) is 9.66. The van der Waals surface area contributed by atoms with Crippen LogP contribution >= 0.6 is 0 Å². The van der Waals surface area contributed by atoms with Gasteiger partial charge in [-0.05, 0) is 50.6 Å². The molecule has 1 saturated heterocycles. The summed E-state index contributed by atoms with van der Waals surface area (Å²) in [6.45, 7) is 2.92. The molecule has 0 radical (unpaired) electrons. The monoisotopic (exact) mass is 415 g/mol. The van der Waals surface area contributed by atoms with E-state index in [0.717, 1.165) is 38.2 Å². The van der Waals surface area contributed by atoms with Crippen LogP contribution in [-0.4, -0.2) is 59.3 Å². The fourth-order valence-corrected chi connectivity index (χ4v) is 3.25. The van der Waals surface area contributed by atoms with Crippen molar-refractivity contribution in [1.29, 1.82) is 5.26 Å². The van der Waals surface area contributed by atoms with Gasteiger partial charge in [0.25, 0.3) is 0 Å². The van der Waals surface area contributed by atoms with E-state index in [-0.39, 0.29) is 17.8 Å². The summed E-state index contributed by atoms with van der Waals surface area (Å²) in [4.78, 5) is 19.6. The molecule has 8 nitrogen and oxygen atoms in total. The van der Waals surface area contributed by atoms with E-state index >= 15 is 0 Å². The fraction of sp³-hybridized carbons (Fsp3) is 0.429. The number of carbonyl (C=O) groups is 1. The number of aldehydes is 1. The number of aliphatic hydroxyl groups excluding tert-OH is 2. The largest absolute Gasteiger partial charge is 0.384 e. The molecule has 3 N–H and O–H groups in total. The Morgan fingerprint density at radius 3 is 2.67 bits per heavy atom. The number of piperidine rings is 1. The highest BCUT2D eigenvalue weighted by atomic mass is 19.1. The van der Waals surface area contributed by atoms with Crippen LogP contribution in [0.5, 0.6) is 0 Å². The molecular formula is C21H26FN5O3. The Labute approximate surface area is 175 Å². The van der Waals surface area contributed by atoms with E-state index in [1.54, 1.807) is 6.07 Å². The maximum atomic E-state index is 13.1. The molecule has 2 aromatic rings.